The molecule has 2 atom stereocenters. The molecule has 2 rings (SSSR count). The van der Waals surface area contributed by atoms with E-state index in [1.54, 1.807) is 26.0 Å². The molecule has 5 heteroatoms. The summed E-state index contributed by atoms with van der Waals surface area (Å²) >= 11 is 0. The molecule has 1 aliphatic rings. The molecule has 21 heavy (non-hydrogen) atoms. The molecular weight excluding hydrogens is 268 g/mol. The monoisotopic (exact) mass is 292 g/mol. The molecule has 0 saturated heterocycles. The first kappa shape index (κ1) is 15.9. The third-order valence-electron chi connectivity index (χ3n) is 4.00. The van der Waals surface area contributed by atoms with Gasteiger partial charge >= 0.3 is 0 Å². The molecule has 0 aromatic heterocycles. The predicted molar refractivity (Wildman–Crippen MR) is 82.3 cm³/mol. The lowest BCUT2D eigenvalue weighted by atomic mass is 9.94. The molecule has 1 aromatic carbocycles. The summed E-state index contributed by atoms with van der Waals surface area (Å²) in [7, 11) is 3.42. The van der Waals surface area contributed by atoms with E-state index in [0.29, 0.717) is 26.0 Å². The Bertz CT molecular complexity index is 502. The zero-order valence-electron chi connectivity index (χ0n) is 12.9. The molecule has 0 spiro atoms. The van der Waals surface area contributed by atoms with Crippen LogP contribution in [0.25, 0.3) is 0 Å². The van der Waals surface area contributed by atoms with E-state index in [2.05, 4.69) is 5.32 Å². The standard InChI is InChI=1S/C16H24N2O3/c1-16(20,8-9-21-3)11-17-13-10-15(19)18(2)14-7-5-4-6-12(13)14/h4-7,13,17,20H,8-11H2,1-3H3. The van der Waals surface area contributed by atoms with Crippen LogP contribution in [-0.4, -0.2) is 43.9 Å². The number of methoxy groups -OCH3 is 1. The lowest BCUT2D eigenvalue weighted by Crippen LogP contribution is -2.44. The second kappa shape index (κ2) is 6.56. The van der Waals surface area contributed by atoms with Gasteiger partial charge in [-0.15, -0.1) is 0 Å². The van der Waals surface area contributed by atoms with Gasteiger partial charge in [-0.05, 0) is 18.6 Å². The number of ether oxygens (including phenoxy) is 1. The van der Waals surface area contributed by atoms with Crippen molar-refractivity contribution in [1.29, 1.82) is 0 Å². The molecule has 0 fully saturated rings. The van der Waals surface area contributed by atoms with E-state index in [1.807, 2.05) is 24.3 Å². The highest BCUT2D eigenvalue weighted by molar-refractivity contribution is 5.96. The largest absolute Gasteiger partial charge is 0.389 e. The number of hydrogen-bond acceptors (Lipinski definition) is 4. The molecule has 0 saturated carbocycles. The quantitative estimate of drug-likeness (QED) is 0.833. The molecule has 2 N–H and O–H groups in total. The summed E-state index contributed by atoms with van der Waals surface area (Å²) in [6.45, 7) is 2.71. The SMILES string of the molecule is COCCC(C)(O)CNC1CC(=O)N(C)c2ccccc21. The third-order valence-corrected chi connectivity index (χ3v) is 4.00. The molecule has 116 valence electrons. The van der Waals surface area contributed by atoms with Crippen LogP contribution in [0, 0.1) is 0 Å². The summed E-state index contributed by atoms with van der Waals surface area (Å²) in [6.07, 6.45) is 0.965. The number of para-hydroxylation sites is 1. The predicted octanol–water partition coefficient (Wildman–Crippen LogP) is 1.47. The van der Waals surface area contributed by atoms with Gasteiger partial charge in [0.2, 0.25) is 5.91 Å². The van der Waals surface area contributed by atoms with Gasteiger partial charge in [0.05, 0.1) is 5.60 Å². The zero-order valence-corrected chi connectivity index (χ0v) is 12.9. The topological polar surface area (TPSA) is 61.8 Å². The van der Waals surface area contributed by atoms with Crippen molar-refractivity contribution in [3.8, 4) is 0 Å². The van der Waals surface area contributed by atoms with Crippen molar-refractivity contribution >= 4 is 11.6 Å². The Labute approximate surface area is 125 Å². The van der Waals surface area contributed by atoms with Gasteiger partial charge in [0.1, 0.15) is 0 Å². The minimum absolute atomic E-state index is 0.0566. The number of anilines is 1. The summed E-state index contributed by atoms with van der Waals surface area (Å²) in [5, 5.41) is 13.6. The third kappa shape index (κ3) is 3.81. The van der Waals surface area contributed by atoms with Crippen molar-refractivity contribution in [1.82, 2.24) is 5.32 Å². The van der Waals surface area contributed by atoms with E-state index in [4.69, 9.17) is 4.74 Å². The minimum Gasteiger partial charge on any atom is -0.389 e. The van der Waals surface area contributed by atoms with Crippen LogP contribution < -0.4 is 10.2 Å². The van der Waals surface area contributed by atoms with E-state index < -0.39 is 5.60 Å². The number of benzene rings is 1. The van der Waals surface area contributed by atoms with Gasteiger partial charge in [-0.25, -0.2) is 0 Å². The zero-order chi connectivity index (χ0) is 15.5. The molecule has 1 heterocycles. The Morgan fingerprint density at radius 2 is 2.19 bits per heavy atom. The number of nitrogens with zero attached hydrogens (tertiary/aromatic N) is 1. The van der Waals surface area contributed by atoms with Gasteiger partial charge < -0.3 is 20.1 Å². The van der Waals surface area contributed by atoms with Crippen LogP contribution in [0.1, 0.15) is 31.4 Å². The number of aliphatic hydroxyl groups is 1. The maximum atomic E-state index is 12.1. The van der Waals surface area contributed by atoms with Gasteiger partial charge in [-0.1, -0.05) is 18.2 Å². The Balaban J connectivity index is 2.07. The van der Waals surface area contributed by atoms with Crippen LogP contribution in [-0.2, 0) is 9.53 Å². The Morgan fingerprint density at radius 3 is 2.90 bits per heavy atom. The van der Waals surface area contributed by atoms with E-state index in [-0.39, 0.29) is 11.9 Å². The van der Waals surface area contributed by atoms with Gasteiger partial charge in [0.15, 0.2) is 0 Å². The lowest BCUT2D eigenvalue weighted by Gasteiger charge is -2.34. The normalized spacial score (nSPS) is 21.0. The van der Waals surface area contributed by atoms with Gasteiger partial charge in [-0.2, -0.15) is 0 Å². The number of nitrogens with one attached hydrogen (secondary N) is 1. The first-order chi connectivity index (χ1) is 9.94. The molecule has 1 amide bonds. The second-order valence-electron chi connectivity index (χ2n) is 5.89. The maximum absolute atomic E-state index is 12.1. The molecule has 0 bridgehead atoms. The van der Waals surface area contributed by atoms with Crippen LogP contribution >= 0.6 is 0 Å². The van der Waals surface area contributed by atoms with Crippen molar-refractivity contribution in [2.45, 2.75) is 31.4 Å². The first-order valence-electron chi connectivity index (χ1n) is 7.25. The number of hydrogen-bond donors (Lipinski definition) is 2. The number of carbonyl (C=O) groups is 1. The lowest BCUT2D eigenvalue weighted by molar-refractivity contribution is -0.119. The highest BCUT2D eigenvalue weighted by Crippen LogP contribution is 2.33. The maximum Gasteiger partial charge on any atom is 0.228 e. The number of rotatable bonds is 6. The van der Waals surface area contributed by atoms with Gasteiger partial charge in [-0.3, -0.25) is 4.79 Å². The smallest absolute Gasteiger partial charge is 0.228 e. The molecule has 0 aliphatic carbocycles. The van der Waals surface area contributed by atoms with Crippen molar-refractivity contribution in [3.05, 3.63) is 29.8 Å². The van der Waals surface area contributed by atoms with E-state index in [0.717, 1.165) is 11.3 Å². The average molecular weight is 292 g/mol. The Morgan fingerprint density at radius 1 is 1.48 bits per heavy atom. The highest BCUT2D eigenvalue weighted by Gasteiger charge is 2.30. The Hall–Kier alpha value is -1.43. The van der Waals surface area contributed by atoms with E-state index in [9.17, 15) is 9.90 Å². The fourth-order valence-corrected chi connectivity index (χ4v) is 2.58. The number of amides is 1. The minimum atomic E-state index is -0.850. The number of fused-ring (bicyclic) bond motifs is 1. The van der Waals surface area contributed by atoms with Gasteiger partial charge in [0.25, 0.3) is 0 Å². The second-order valence-corrected chi connectivity index (χ2v) is 5.89. The molecular formula is C16H24N2O3. The van der Waals surface area contributed by atoms with Crippen LogP contribution in [0.5, 0.6) is 0 Å². The van der Waals surface area contributed by atoms with Crippen molar-refractivity contribution in [3.63, 3.8) is 0 Å². The summed E-state index contributed by atoms with van der Waals surface area (Å²) in [5.74, 6) is 0.0859. The van der Waals surface area contributed by atoms with E-state index >= 15 is 0 Å². The van der Waals surface area contributed by atoms with Crippen LogP contribution in [0.2, 0.25) is 0 Å². The fraction of sp³-hybridized carbons (Fsp3) is 0.562. The molecule has 1 aromatic rings. The van der Waals surface area contributed by atoms with Crippen molar-refractivity contribution in [2.24, 2.45) is 0 Å². The summed E-state index contributed by atoms with van der Waals surface area (Å²) in [6, 6.07) is 7.82. The average Bonchev–Trinajstić information content (AvgIpc) is 2.47. The fourth-order valence-electron chi connectivity index (χ4n) is 2.58. The van der Waals surface area contributed by atoms with E-state index in [1.165, 1.54) is 0 Å². The molecule has 1 aliphatic heterocycles. The van der Waals surface area contributed by atoms with Crippen molar-refractivity contribution in [2.75, 3.05) is 32.2 Å². The molecule has 0 radical (unpaired) electrons. The van der Waals surface area contributed by atoms with Crippen LogP contribution in [0.15, 0.2) is 24.3 Å². The van der Waals surface area contributed by atoms with Crippen molar-refractivity contribution < 1.29 is 14.6 Å². The summed E-state index contributed by atoms with van der Waals surface area (Å²) < 4.78 is 5.01. The number of carbonyl (C=O) groups excluding carboxylic acids is 1. The summed E-state index contributed by atoms with van der Waals surface area (Å²) in [5.41, 5.74) is 1.18. The first-order valence-corrected chi connectivity index (χ1v) is 7.25. The van der Waals surface area contributed by atoms with Gasteiger partial charge in [0, 0.05) is 51.9 Å². The van der Waals surface area contributed by atoms with Crippen LogP contribution in [0.3, 0.4) is 0 Å². The van der Waals surface area contributed by atoms with Crippen LogP contribution in [0.4, 0.5) is 5.69 Å². The highest BCUT2D eigenvalue weighted by atomic mass is 16.5. The summed E-state index contributed by atoms with van der Waals surface area (Å²) in [4.78, 5) is 13.8. The molecule has 2 unspecified atom stereocenters. The Kier molecular flexibility index (Phi) is 4.98. The molecule has 5 nitrogen and oxygen atoms in total.